The quantitative estimate of drug-likeness (QED) is 0.200. The third-order valence-electron chi connectivity index (χ3n) is 9.70. The second-order valence-corrected chi connectivity index (χ2v) is 13.9. The summed E-state index contributed by atoms with van der Waals surface area (Å²) in [5.41, 5.74) is 5.32. The van der Waals surface area contributed by atoms with E-state index in [1.54, 1.807) is 26.6 Å². The van der Waals surface area contributed by atoms with E-state index in [4.69, 9.17) is 47.6 Å². The first-order valence-electron chi connectivity index (χ1n) is 16.6. The van der Waals surface area contributed by atoms with E-state index < -0.39 is 0 Å². The molecule has 4 aromatic rings. The summed E-state index contributed by atoms with van der Waals surface area (Å²) in [5, 5.41) is 10.2. The van der Waals surface area contributed by atoms with E-state index in [0.29, 0.717) is 82.5 Å². The lowest BCUT2D eigenvalue weighted by Crippen LogP contribution is -2.35. The number of amides is 2. The van der Waals surface area contributed by atoms with Gasteiger partial charge >= 0.3 is 0 Å². The first kappa shape index (κ1) is 34.1. The molecule has 0 aliphatic carbocycles. The predicted octanol–water partition coefficient (Wildman–Crippen LogP) is 4.67. The van der Waals surface area contributed by atoms with E-state index in [2.05, 4.69) is 25.8 Å². The fourth-order valence-corrected chi connectivity index (χ4v) is 7.75. The maximum atomic E-state index is 11.9. The average molecular weight is 718 g/mol. The number of hydrogen-bond acceptors (Lipinski definition) is 10. The molecule has 2 aromatic heterocycles. The first-order chi connectivity index (χ1) is 24.3. The molecule has 2 aromatic carbocycles. The number of methoxy groups -OCH3 is 2. The Kier molecular flexibility index (Phi) is 9.87. The van der Waals surface area contributed by atoms with Crippen LogP contribution in [0.4, 0.5) is 0 Å². The molecule has 2 atom stereocenters. The number of likely N-dealkylation sites (tertiary alicyclic amines) is 1. The number of rotatable bonds is 11. The van der Waals surface area contributed by atoms with Crippen LogP contribution >= 0.6 is 23.2 Å². The molecule has 5 heterocycles. The molecule has 3 saturated heterocycles. The third kappa shape index (κ3) is 6.98. The van der Waals surface area contributed by atoms with Crippen molar-refractivity contribution in [2.45, 2.75) is 44.8 Å². The third-order valence-corrected chi connectivity index (χ3v) is 10.5. The van der Waals surface area contributed by atoms with Crippen LogP contribution in [-0.4, -0.2) is 83.1 Å². The second kappa shape index (κ2) is 14.5. The van der Waals surface area contributed by atoms with Crippen molar-refractivity contribution in [3.05, 3.63) is 70.2 Å². The minimum absolute atomic E-state index is 0.000525. The number of nitrogens with one attached hydrogen (secondary N) is 3. The van der Waals surface area contributed by atoms with Crippen molar-refractivity contribution in [1.82, 2.24) is 40.8 Å². The highest BCUT2D eigenvalue weighted by Gasteiger charge is 2.44. The minimum atomic E-state index is 0.000525. The van der Waals surface area contributed by atoms with Crippen molar-refractivity contribution in [1.29, 1.82) is 0 Å². The van der Waals surface area contributed by atoms with Crippen LogP contribution in [0, 0.1) is 5.41 Å². The minimum Gasteiger partial charge on any atom is -0.480 e. The summed E-state index contributed by atoms with van der Waals surface area (Å²) in [6.45, 7) is 4.09. The Labute approximate surface area is 300 Å². The lowest BCUT2D eigenvalue weighted by molar-refractivity contribution is -0.120. The zero-order valence-corrected chi connectivity index (χ0v) is 29.4. The average Bonchev–Trinajstić information content (AvgIpc) is 3.84. The second-order valence-electron chi connectivity index (χ2n) is 13.1. The topological polar surface area (TPSA) is 143 Å². The van der Waals surface area contributed by atoms with Crippen LogP contribution in [0.3, 0.4) is 0 Å². The summed E-state index contributed by atoms with van der Waals surface area (Å²) >= 11 is 14.2. The molecule has 50 heavy (non-hydrogen) atoms. The molecule has 1 spiro atoms. The fraction of sp³-hybridized carbons (Fsp3) is 0.389. The monoisotopic (exact) mass is 716 g/mol. The zero-order chi connectivity index (χ0) is 34.8. The molecular weight excluding hydrogens is 679 g/mol. The number of benzene rings is 2. The van der Waals surface area contributed by atoms with Gasteiger partial charge in [0.1, 0.15) is 11.4 Å². The largest absolute Gasteiger partial charge is 0.480 e. The number of ether oxygens (including phenoxy) is 2. The Hall–Kier alpha value is -4.36. The van der Waals surface area contributed by atoms with Gasteiger partial charge in [0.15, 0.2) is 0 Å². The Morgan fingerprint density at radius 1 is 0.900 bits per heavy atom. The van der Waals surface area contributed by atoms with Crippen molar-refractivity contribution in [2.75, 3.05) is 40.4 Å². The summed E-state index contributed by atoms with van der Waals surface area (Å²) < 4.78 is 11.3. The SMILES string of the molecule is COc1nc(-c2cccc(-c3cccc(-c4cnc(CN5CCC6(CNC(=O)C6)C5)c(OC)n4)c3Cl)c2Cl)cnc1CNC[C@H]1CCC(=O)N1. The van der Waals surface area contributed by atoms with E-state index in [9.17, 15) is 9.59 Å². The summed E-state index contributed by atoms with van der Waals surface area (Å²) in [6.07, 6.45) is 6.30. The Bertz CT molecular complexity index is 1940. The van der Waals surface area contributed by atoms with Gasteiger partial charge < -0.3 is 25.4 Å². The van der Waals surface area contributed by atoms with Crippen LogP contribution in [0.25, 0.3) is 33.6 Å². The van der Waals surface area contributed by atoms with Crippen LogP contribution in [-0.2, 0) is 22.7 Å². The number of carbonyl (C=O) groups is 2. The molecule has 3 aliphatic rings. The lowest BCUT2D eigenvalue weighted by atomic mass is 9.86. The molecule has 14 heteroatoms. The van der Waals surface area contributed by atoms with Gasteiger partial charge in [0.05, 0.1) is 48.0 Å². The Balaban J connectivity index is 1.10. The van der Waals surface area contributed by atoms with Crippen LogP contribution in [0.1, 0.15) is 37.1 Å². The highest BCUT2D eigenvalue weighted by Crippen LogP contribution is 2.42. The van der Waals surface area contributed by atoms with E-state index in [1.165, 1.54) is 0 Å². The van der Waals surface area contributed by atoms with Gasteiger partial charge in [0.2, 0.25) is 23.6 Å². The smallest absolute Gasteiger partial charge is 0.237 e. The maximum Gasteiger partial charge on any atom is 0.237 e. The highest BCUT2D eigenvalue weighted by molar-refractivity contribution is 6.39. The predicted molar refractivity (Wildman–Crippen MR) is 190 cm³/mol. The number of hydrogen-bond donors (Lipinski definition) is 3. The summed E-state index contributed by atoms with van der Waals surface area (Å²) in [7, 11) is 3.14. The van der Waals surface area contributed by atoms with Crippen molar-refractivity contribution in [3.8, 4) is 45.4 Å². The van der Waals surface area contributed by atoms with Gasteiger partial charge in [-0.15, -0.1) is 0 Å². The van der Waals surface area contributed by atoms with Gasteiger partial charge in [-0.05, 0) is 19.4 Å². The first-order valence-corrected chi connectivity index (χ1v) is 17.4. The molecule has 0 saturated carbocycles. The van der Waals surface area contributed by atoms with Crippen molar-refractivity contribution >= 4 is 35.0 Å². The van der Waals surface area contributed by atoms with E-state index in [-0.39, 0.29) is 23.3 Å². The summed E-state index contributed by atoms with van der Waals surface area (Å²) in [6, 6.07) is 11.5. The zero-order valence-electron chi connectivity index (χ0n) is 27.9. The number of halogens is 2. The van der Waals surface area contributed by atoms with Gasteiger partial charge in [-0.2, -0.15) is 0 Å². The highest BCUT2D eigenvalue weighted by atomic mass is 35.5. The molecule has 7 rings (SSSR count). The van der Waals surface area contributed by atoms with Crippen LogP contribution in [0.5, 0.6) is 11.8 Å². The normalized spacial score (nSPS) is 20.4. The molecular formula is C36H38Cl2N8O4. The van der Waals surface area contributed by atoms with Gasteiger partial charge in [-0.1, -0.05) is 59.6 Å². The van der Waals surface area contributed by atoms with Crippen molar-refractivity contribution in [2.24, 2.45) is 5.41 Å². The number of carbonyl (C=O) groups excluding carboxylic acids is 2. The summed E-state index contributed by atoms with van der Waals surface area (Å²) in [5.74, 6) is 1.03. The molecule has 0 radical (unpaired) electrons. The molecule has 2 amide bonds. The standard InChI is InChI=1S/C36H38Cl2N8O4/c1-49-34-28(15-39-14-21-9-10-30(47)43-21)40-16-26(44-34)24-7-3-5-22(32(24)37)23-6-4-8-25(33(23)38)27-17-41-29(35(45-27)50-2)18-46-12-11-36(20-46)13-31(48)42-19-36/h3-8,16-17,21,39H,9-15,18-20H2,1-2H3,(H,42,48)(H,43,47)/t21-,36?/m1/s1. The van der Waals surface area contributed by atoms with Crippen LogP contribution in [0.15, 0.2) is 48.8 Å². The fourth-order valence-electron chi connectivity index (χ4n) is 7.10. The van der Waals surface area contributed by atoms with Gasteiger partial charge in [-0.25, -0.2) is 9.97 Å². The van der Waals surface area contributed by atoms with Gasteiger partial charge in [0.25, 0.3) is 0 Å². The lowest BCUT2D eigenvalue weighted by Gasteiger charge is -2.22. The number of aromatic nitrogens is 4. The van der Waals surface area contributed by atoms with Crippen molar-refractivity contribution < 1.29 is 19.1 Å². The van der Waals surface area contributed by atoms with E-state index in [1.807, 2.05) is 36.4 Å². The molecule has 260 valence electrons. The Morgan fingerprint density at radius 2 is 1.52 bits per heavy atom. The van der Waals surface area contributed by atoms with E-state index in [0.717, 1.165) is 49.3 Å². The van der Waals surface area contributed by atoms with Crippen molar-refractivity contribution in [3.63, 3.8) is 0 Å². The van der Waals surface area contributed by atoms with E-state index >= 15 is 0 Å². The number of nitrogens with zero attached hydrogens (tertiary/aromatic N) is 5. The van der Waals surface area contributed by atoms with Crippen LogP contribution in [0.2, 0.25) is 10.0 Å². The molecule has 0 bridgehead atoms. The van der Waals surface area contributed by atoms with Gasteiger partial charge in [-0.3, -0.25) is 24.5 Å². The molecule has 12 nitrogen and oxygen atoms in total. The molecule has 3 fully saturated rings. The van der Waals surface area contributed by atoms with Crippen LogP contribution < -0.4 is 25.4 Å². The molecule has 3 aliphatic heterocycles. The molecule has 3 N–H and O–H groups in total. The Morgan fingerprint density at radius 3 is 2.10 bits per heavy atom. The van der Waals surface area contributed by atoms with Gasteiger partial charge in [0, 0.05) is 79.3 Å². The summed E-state index contributed by atoms with van der Waals surface area (Å²) in [4.78, 5) is 44.6. The molecule has 1 unspecified atom stereocenters. The maximum absolute atomic E-state index is 11.9.